The van der Waals surface area contributed by atoms with Crippen LogP contribution in [0.25, 0.3) is 0 Å². The van der Waals surface area contributed by atoms with E-state index in [1.807, 2.05) is 0 Å². The molecule has 2 aliphatic rings. The molecule has 104 valence electrons. The minimum Gasteiger partial charge on any atom is -0.353 e. The molecular formula is C15H28N2O. The van der Waals surface area contributed by atoms with Crippen molar-refractivity contribution in [1.29, 1.82) is 0 Å². The zero-order chi connectivity index (χ0) is 13.2. The van der Waals surface area contributed by atoms with Crippen molar-refractivity contribution >= 4 is 5.91 Å². The third-order valence-electron chi connectivity index (χ3n) is 5.21. The van der Waals surface area contributed by atoms with Gasteiger partial charge in [0, 0.05) is 12.6 Å². The van der Waals surface area contributed by atoms with E-state index >= 15 is 0 Å². The molecule has 0 aromatic heterocycles. The van der Waals surface area contributed by atoms with Gasteiger partial charge in [-0.15, -0.1) is 0 Å². The summed E-state index contributed by atoms with van der Waals surface area (Å²) in [6, 6.07) is 0.404. The molecule has 1 saturated carbocycles. The SMILES string of the molecule is CCC1CCC(NC(=O)C2(C)CCCNC2)C1C. The Kier molecular flexibility index (Phi) is 4.31. The van der Waals surface area contributed by atoms with Gasteiger partial charge in [-0.25, -0.2) is 0 Å². The van der Waals surface area contributed by atoms with Gasteiger partial charge in [0.1, 0.15) is 0 Å². The van der Waals surface area contributed by atoms with E-state index in [2.05, 4.69) is 31.4 Å². The Morgan fingerprint density at radius 2 is 2.22 bits per heavy atom. The van der Waals surface area contributed by atoms with Crippen LogP contribution in [0.4, 0.5) is 0 Å². The van der Waals surface area contributed by atoms with Gasteiger partial charge >= 0.3 is 0 Å². The molecule has 2 N–H and O–H groups in total. The lowest BCUT2D eigenvalue weighted by Crippen LogP contribution is -2.51. The van der Waals surface area contributed by atoms with Crippen LogP contribution in [-0.4, -0.2) is 25.0 Å². The highest BCUT2D eigenvalue weighted by atomic mass is 16.2. The minimum absolute atomic E-state index is 0.192. The second-order valence-electron chi connectivity index (χ2n) is 6.53. The fourth-order valence-electron chi connectivity index (χ4n) is 3.62. The summed E-state index contributed by atoms with van der Waals surface area (Å²) in [5.74, 6) is 1.70. The molecule has 0 radical (unpaired) electrons. The van der Waals surface area contributed by atoms with Crippen molar-refractivity contribution < 1.29 is 4.79 Å². The van der Waals surface area contributed by atoms with Crippen molar-refractivity contribution in [3.05, 3.63) is 0 Å². The number of rotatable bonds is 3. The van der Waals surface area contributed by atoms with Crippen molar-refractivity contribution in [2.24, 2.45) is 17.3 Å². The van der Waals surface area contributed by atoms with Crippen LogP contribution in [-0.2, 0) is 4.79 Å². The predicted octanol–water partition coefficient (Wildman–Crippen LogP) is 2.32. The summed E-state index contributed by atoms with van der Waals surface area (Å²) in [4.78, 5) is 12.5. The van der Waals surface area contributed by atoms with E-state index in [4.69, 9.17) is 0 Å². The van der Waals surface area contributed by atoms with Gasteiger partial charge in [-0.05, 0) is 51.0 Å². The monoisotopic (exact) mass is 252 g/mol. The zero-order valence-electron chi connectivity index (χ0n) is 12.1. The van der Waals surface area contributed by atoms with Gasteiger partial charge in [-0.1, -0.05) is 20.3 Å². The Balaban J connectivity index is 1.91. The van der Waals surface area contributed by atoms with E-state index in [1.165, 1.54) is 12.8 Å². The number of nitrogens with one attached hydrogen (secondary N) is 2. The van der Waals surface area contributed by atoms with Crippen LogP contribution in [0.2, 0.25) is 0 Å². The maximum atomic E-state index is 12.5. The molecule has 1 aliphatic heterocycles. The molecule has 1 heterocycles. The van der Waals surface area contributed by atoms with Crippen LogP contribution in [0.3, 0.4) is 0 Å². The van der Waals surface area contributed by atoms with Gasteiger partial charge in [0.25, 0.3) is 0 Å². The number of carbonyl (C=O) groups excluding carboxylic acids is 1. The second-order valence-corrected chi connectivity index (χ2v) is 6.53. The molecule has 0 aromatic carbocycles. The van der Waals surface area contributed by atoms with Crippen LogP contribution < -0.4 is 10.6 Å². The van der Waals surface area contributed by atoms with Crippen molar-refractivity contribution in [2.75, 3.05) is 13.1 Å². The van der Waals surface area contributed by atoms with Crippen LogP contribution in [0.15, 0.2) is 0 Å². The number of amides is 1. The minimum atomic E-state index is -0.192. The number of carbonyl (C=O) groups is 1. The Morgan fingerprint density at radius 1 is 1.44 bits per heavy atom. The molecule has 2 rings (SSSR count). The Bertz CT molecular complexity index is 297. The Hall–Kier alpha value is -0.570. The molecule has 4 unspecified atom stereocenters. The van der Waals surface area contributed by atoms with E-state index in [9.17, 15) is 4.79 Å². The lowest BCUT2D eigenvalue weighted by atomic mass is 9.81. The highest BCUT2D eigenvalue weighted by Crippen LogP contribution is 2.35. The number of hydrogen-bond acceptors (Lipinski definition) is 2. The first-order valence-corrected chi connectivity index (χ1v) is 7.58. The number of piperidine rings is 1. The van der Waals surface area contributed by atoms with Crippen molar-refractivity contribution in [3.8, 4) is 0 Å². The molecular weight excluding hydrogens is 224 g/mol. The predicted molar refractivity (Wildman–Crippen MR) is 74.3 cm³/mol. The molecule has 1 saturated heterocycles. The fraction of sp³-hybridized carbons (Fsp3) is 0.933. The van der Waals surface area contributed by atoms with Crippen LogP contribution in [0.5, 0.6) is 0 Å². The van der Waals surface area contributed by atoms with Gasteiger partial charge in [0.2, 0.25) is 5.91 Å². The molecule has 0 bridgehead atoms. The van der Waals surface area contributed by atoms with Gasteiger partial charge in [-0.2, -0.15) is 0 Å². The molecule has 3 heteroatoms. The summed E-state index contributed by atoms with van der Waals surface area (Å²) in [6.45, 7) is 8.55. The van der Waals surface area contributed by atoms with Gasteiger partial charge < -0.3 is 10.6 Å². The zero-order valence-corrected chi connectivity index (χ0v) is 12.1. The van der Waals surface area contributed by atoms with Gasteiger partial charge in [0.15, 0.2) is 0 Å². The van der Waals surface area contributed by atoms with E-state index in [-0.39, 0.29) is 11.3 Å². The maximum absolute atomic E-state index is 12.5. The Morgan fingerprint density at radius 3 is 2.78 bits per heavy atom. The lowest BCUT2D eigenvalue weighted by Gasteiger charge is -2.34. The van der Waals surface area contributed by atoms with Crippen LogP contribution >= 0.6 is 0 Å². The van der Waals surface area contributed by atoms with E-state index in [0.29, 0.717) is 12.0 Å². The molecule has 1 aliphatic carbocycles. The summed E-state index contributed by atoms with van der Waals surface area (Å²) >= 11 is 0. The first-order valence-electron chi connectivity index (χ1n) is 7.58. The van der Waals surface area contributed by atoms with E-state index < -0.39 is 0 Å². The average Bonchev–Trinajstić information content (AvgIpc) is 2.71. The third-order valence-corrected chi connectivity index (χ3v) is 5.21. The maximum Gasteiger partial charge on any atom is 0.227 e. The number of hydrogen-bond donors (Lipinski definition) is 2. The van der Waals surface area contributed by atoms with Crippen molar-refractivity contribution in [3.63, 3.8) is 0 Å². The first-order chi connectivity index (χ1) is 8.57. The van der Waals surface area contributed by atoms with Gasteiger partial charge in [-0.3, -0.25) is 4.79 Å². The molecule has 0 aromatic rings. The standard InChI is InChI=1S/C15H28N2O/c1-4-12-6-7-13(11(12)2)17-14(18)15(3)8-5-9-16-10-15/h11-13,16H,4-10H2,1-3H3,(H,17,18). The normalized spacial score (nSPS) is 40.7. The van der Waals surface area contributed by atoms with Crippen LogP contribution in [0, 0.1) is 17.3 Å². The third kappa shape index (κ3) is 2.71. The molecule has 18 heavy (non-hydrogen) atoms. The van der Waals surface area contributed by atoms with Crippen LogP contribution in [0.1, 0.15) is 52.9 Å². The topological polar surface area (TPSA) is 41.1 Å². The fourth-order valence-corrected chi connectivity index (χ4v) is 3.62. The first kappa shape index (κ1) is 13.9. The summed E-state index contributed by atoms with van der Waals surface area (Å²) in [5, 5.41) is 6.68. The van der Waals surface area contributed by atoms with Crippen molar-refractivity contribution in [1.82, 2.24) is 10.6 Å². The summed E-state index contributed by atoms with van der Waals surface area (Å²) in [7, 11) is 0. The molecule has 3 nitrogen and oxygen atoms in total. The lowest BCUT2D eigenvalue weighted by molar-refractivity contribution is -0.132. The van der Waals surface area contributed by atoms with E-state index in [0.717, 1.165) is 38.3 Å². The summed E-state index contributed by atoms with van der Waals surface area (Å²) in [5.41, 5.74) is -0.192. The van der Waals surface area contributed by atoms with E-state index in [1.54, 1.807) is 0 Å². The molecule has 2 fully saturated rings. The Labute approximate surface area is 111 Å². The summed E-state index contributed by atoms with van der Waals surface area (Å²) in [6.07, 6.45) is 5.81. The highest BCUT2D eigenvalue weighted by molar-refractivity contribution is 5.83. The van der Waals surface area contributed by atoms with Crippen molar-refractivity contribution in [2.45, 2.75) is 58.9 Å². The molecule has 4 atom stereocenters. The second kappa shape index (κ2) is 5.60. The largest absolute Gasteiger partial charge is 0.353 e. The smallest absolute Gasteiger partial charge is 0.227 e. The summed E-state index contributed by atoms with van der Waals surface area (Å²) < 4.78 is 0. The quantitative estimate of drug-likeness (QED) is 0.809. The van der Waals surface area contributed by atoms with Gasteiger partial charge in [0.05, 0.1) is 5.41 Å². The molecule has 0 spiro atoms. The molecule has 1 amide bonds. The average molecular weight is 252 g/mol. The highest BCUT2D eigenvalue weighted by Gasteiger charge is 2.38.